The van der Waals surface area contributed by atoms with Crippen LogP contribution < -0.4 is 10.2 Å². The van der Waals surface area contributed by atoms with Crippen molar-refractivity contribution in [3.8, 4) is 0 Å². The van der Waals surface area contributed by atoms with Gasteiger partial charge in [-0.05, 0) is 37.6 Å². The average molecular weight is 429 g/mol. The maximum absolute atomic E-state index is 12.9. The first-order valence-electron chi connectivity index (χ1n) is 10.3. The van der Waals surface area contributed by atoms with Crippen molar-refractivity contribution in [1.29, 1.82) is 0 Å². The number of carbonyl (C=O) groups is 2. The van der Waals surface area contributed by atoms with Gasteiger partial charge >= 0.3 is 6.03 Å². The summed E-state index contributed by atoms with van der Waals surface area (Å²) in [5, 5.41) is 2.88. The van der Waals surface area contributed by atoms with Crippen LogP contribution >= 0.6 is 12.4 Å². The SMILES string of the molecule is CC1(c2ccccc2)NC(=O)N(CCCN2CCN(c3ccccc3)CC2)C1=O.Cl. The topological polar surface area (TPSA) is 55.9 Å². The van der Waals surface area contributed by atoms with Gasteiger partial charge in [-0.2, -0.15) is 0 Å². The van der Waals surface area contributed by atoms with Gasteiger partial charge < -0.3 is 10.2 Å². The molecule has 0 aliphatic carbocycles. The summed E-state index contributed by atoms with van der Waals surface area (Å²) < 4.78 is 0. The number of para-hydroxylation sites is 1. The number of imide groups is 1. The summed E-state index contributed by atoms with van der Waals surface area (Å²) in [5.74, 6) is -0.164. The minimum Gasteiger partial charge on any atom is -0.369 e. The third-order valence-electron chi connectivity index (χ3n) is 5.98. The van der Waals surface area contributed by atoms with E-state index in [1.54, 1.807) is 6.92 Å². The van der Waals surface area contributed by atoms with Crippen molar-refractivity contribution in [2.24, 2.45) is 0 Å². The Kier molecular flexibility index (Phi) is 7.00. The van der Waals surface area contributed by atoms with Crippen molar-refractivity contribution >= 4 is 30.0 Å². The van der Waals surface area contributed by atoms with Gasteiger partial charge in [0.1, 0.15) is 5.54 Å². The number of urea groups is 1. The van der Waals surface area contributed by atoms with Gasteiger partial charge in [0.25, 0.3) is 5.91 Å². The second-order valence-electron chi connectivity index (χ2n) is 7.90. The number of rotatable bonds is 6. The molecule has 7 heteroatoms. The molecule has 2 fully saturated rings. The molecule has 2 aromatic rings. The van der Waals surface area contributed by atoms with Crippen LogP contribution in [0.3, 0.4) is 0 Å². The Morgan fingerprint density at radius 2 is 1.47 bits per heavy atom. The van der Waals surface area contributed by atoms with Crippen LogP contribution in [-0.2, 0) is 10.3 Å². The van der Waals surface area contributed by atoms with Gasteiger partial charge in [-0.15, -0.1) is 12.4 Å². The van der Waals surface area contributed by atoms with Crippen molar-refractivity contribution in [1.82, 2.24) is 15.1 Å². The molecule has 160 valence electrons. The van der Waals surface area contributed by atoms with E-state index in [0.29, 0.717) is 6.54 Å². The molecular formula is C23H29ClN4O2. The number of anilines is 1. The lowest BCUT2D eigenvalue weighted by Crippen LogP contribution is -2.47. The highest BCUT2D eigenvalue weighted by Crippen LogP contribution is 2.28. The van der Waals surface area contributed by atoms with Crippen molar-refractivity contribution in [2.75, 3.05) is 44.2 Å². The van der Waals surface area contributed by atoms with Gasteiger partial charge in [-0.3, -0.25) is 14.6 Å². The molecule has 30 heavy (non-hydrogen) atoms. The fraction of sp³-hybridized carbons (Fsp3) is 0.391. The van der Waals surface area contributed by atoms with Crippen molar-refractivity contribution in [3.05, 3.63) is 66.2 Å². The predicted octanol–water partition coefficient (Wildman–Crippen LogP) is 3.09. The van der Waals surface area contributed by atoms with E-state index in [2.05, 4.69) is 39.4 Å². The molecule has 1 N–H and O–H groups in total. The van der Waals surface area contributed by atoms with Crippen molar-refractivity contribution in [3.63, 3.8) is 0 Å². The van der Waals surface area contributed by atoms with Crippen LogP contribution in [-0.4, -0.2) is 61.0 Å². The minimum atomic E-state index is -0.973. The van der Waals surface area contributed by atoms with Crippen LogP contribution in [0.2, 0.25) is 0 Å². The number of nitrogens with zero attached hydrogens (tertiary/aromatic N) is 3. The average Bonchev–Trinajstić information content (AvgIpc) is 2.99. The van der Waals surface area contributed by atoms with Gasteiger partial charge in [0.15, 0.2) is 0 Å². The normalized spacial score (nSPS) is 22.0. The molecule has 1 atom stereocenters. The second-order valence-corrected chi connectivity index (χ2v) is 7.90. The molecule has 0 spiro atoms. The Morgan fingerprint density at radius 3 is 2.10 bits per heavy atom. The molecule has 6 nitrogen and oxygen atoms in total. The number of benzene rings is 2. The van der Waals surface area contributed by atoms with Gasteiger partial charge in [-0.25, -0.2) is 4.79 Å². The van der Waals surface area contributed by atoms with Crippen LogP contribution in [0.4, 0.5) is 10.5 Å². The van der Waals surface area contributed by atoms with E-state index < -0.39 is 5.54 Å². The van der Waals surface area contributed by atoms with Gasteiger partial charge in [0, 0.05) is 38.4 Å². The fourth-order valence-electron chi connectivity index (χ4n) is 4.19. The fourth-order valence-corrected chi connectivity index (χ4v) is 4.19. The van der Waals surface area contributed by atoms with Crippen molar-refractivity contribution < 1.29 is 9.59 Å². The van der Waals surface area contributed by atoms with Crippen LogP contribution in [0, 0.1) is 0 Å². The van der Waals surface area contributed by atoms with E-state index in [1.165, 1.54) is 10.6 Å². The molecule has 1 unspecified atom stereocenters. The molecule has 2 saturated heterocycles. The standard InChI is InChI=1S/C23H28N4O2.ClH/c1-23(19-9-4-2-5-10-19)21(28)27(22(29)24-23)14-8-13-25-15-17-26(18-16-25)20-11-6-3-7-12-20;/h2-7,9-12H,8,13-18H2,1H3,(H,24,29);1H. The summed E-state index contributed by atoms with van der Waals surface area (Å²) in [4.78, 5) is 31.6. The number of halogens is 1. The van der Waals surface area contributed by atoms with E-state index in [4.69, 9.17) is 0 Å². The summed E-state index contributed by atoms with van der Waals surface area (Å²) in [6.07, 6.45) is 0.787. The number of hydrogen-bond donors (Lipinski definition) is 1. The number of nitrogens with one attached hydrogen (secondary N) is 1. The van der Waals surface area contributed by atoms with Crippen LogP contribution in [0.1, 0.15) is 18.9 Å². The van der Waals surface area contributed by atoms with E-state index in [-0.39, 0.29) is 24.3 Å². The first kappa shape index (κ1) is 22.1. The smallest absolute Gasteiger partial charge is 0.325 e. The highest BCUT2D eigenvalue weighted by Gasteiger charge is 2.48. The number of hydrogen-bond acceptors (Lipinski definition) is 4. The highest BCUT2D eigenvalue weighted by atomic mass is 35.5. The molecule has 2 aromatic carbocycles. The van der Waals surface area contributed by atoms with E-state index in [9.17, 15) is 9.59 Å². The molecule has 0 radical (unpaired) electrons. The van der Waals surface area contributed by atoms with Crippen LogP contribution in [0.5, 0.6) is 0 Å². The Morgan fingerprint density at radius 1 is 0.867 bits per heavy atom. The summed E-state index contributed by atoms with van der Waals surface area (Å²) in [6.45, 7) is 7.12. The summed E-state index contributed by atoms with van der Waals surface area (Å²) in [5.41, 5.74) is 1.11. The molecular weight excluding hydrogens is 400 g/mol. The number of piperazine rings is 1. The first-order valence-corrected chi connectivity index (χ1v) is 10.3. The maximum atomic E-state index is 12.9. The molecule has 2 aliphatic heterocycles. The lowest BCUT2D eigenvalue weighted by Gasteiger charge is -2.36. The first-order chi connectivity index (χ1) is 14.1. The van der Waals surface area contributed by atoms with E-state index in [1.807, 2.05) is 36.4 Å². The summed E-state index contributed by atoms with van der Waals surface area (Å²) in [6, 6.07) is 19.6. The molecule has 0 aromatic heterocycles. The van der Waals surface area contributed by atoms with Gasteiger partial charge in [0.2, 0.25) is 0 Å². The maximum Gasteiger partial charge on any atom is 0.325 e. The Bertz CT molecular complexity index is 856. The van der Waals surface area contributed by atoms with E-state index >= 15 is 0 Å². The van der Waals surface area contributed by atoms with E-state index in [0.717, 1.165) is 44.7 Å². The van der Waals surface area contributed by atoms with Crippen LogP contribution in [0.25, 0.3) is 0 Å². The highest BCUT2D eigenvalue weighted by molar-refractivity contribution is 6.07. The lowest BCUT2D eigenvalue weighted by molar-refractivity contribution is -0.131. The molecule has 3 amide bonds. The Labute approximate surface area is 184 Å². The molecule has 4 rings (SSSR count). The summed E-state index contributed by atoms with van der Waals surface area (Å²) >= 11 is 0. The zero-order chi connectivity index (χ0) is 20.3. The zero-order valence-corrected chi connectivity index (χ0v) is 18.1. The van der Waals surface area contributed by atoms with Crippen molar-refractivity contribution in [2.45, 2.75) is 18.9 Å². The quantitative estimate of drug-likeness (QED) is 0.718. The summed E-state index contributed by atoms with van der Waals surface area (Å²) in [7, 11) is 0. The third-order valence-corrected chi connectivity index (χ3v) is 5.98. The predicted molar refractivity (Wildman–Crippen MR) is 121 cm³/mol. The Hall–Kier alpha value is -2.57. The molecule has 2 aliphatic rings. The van der Waals surface area contributed by atoms with Crippen LogP contribution in [0.15, 0.2) is 60.7 Å². The minimum absolute atomic E-state index is 0. The molecule has 0 bridgehead atoms. The Balaban J connectivity index is 0.00000256. The number of carbonyl (C=O) groups excluding carboxylic acids is 2. The van der Waals surface area contributed by atoms with Gasteiger partial charge in [0.05, 0.1) is 0 Å². The monoisotopic (exact) mass is 428 g/mol. The van der Waals surface area contributed by atoms with Gasteiger partial charge in [-0.1, -0.05) is 48.5 Å². The second kappa shape index (κ2) is 9.49. The molecule has 0 saturated carbocycles. The zero-order valence-electron chi connectivity index (χ0n) is 17.3. The number of amides is 3. The third kappa shape index (κ3) is 4.45. The molecule has 2 heterocycles. The largest absolute Gasteiger partial charge is 0.369 e. The lowest BCUT2D eigenvalue weighted by atomic mass is 9.92.